The van der Waals surface area contributed by atoms with Crippen LogP contribution in [0.3, 0.4) is 0 Å². The number of para-hydroxylation sites is 1. The summed E-state index contributed by atoms with van der Waals surface area (Å²) in [6.07, 6.45) is 3.56. The molecule has 0 aromatic heterocycles. The monoisotopic (exact) mass is 248 g/mol. The molecule has 1 aromatic rings. The van der Waals surface area contributed by atoms with Gasteiger partial charge in [0.1, 0.15) is 5.75 Å². The van der Waals surface area contributed by atoms with E-state index in [-0.39, 0.29) is 0 Å². The molecule has 18 heavy (non-hydrogen) atoms. The van der Waals surface area contributed by atoms with E-state index in [0.717, 1.165) is 25.1 Å². The third-order valence-corrected chi connectivity index (χ3v) is 3.89. The third-order valence-electron chi connectivity index (χ3n) is 3.89. The van der Waals surface area contributed by atoms with Gasteiger partial charge >= 0.3 is 0 Å². The molecule has 0 aliphatic carbocycles. The molecule has 3 nitrogen and oxygen atoms in total. The average Bonchev–Trinajstić information content (AvgIpc) is 2.85. The predicted molar refractivity (Wildman–Crippen MR) is 74.8 cm³/mol. The Bertz CT molecular complexity index is 375. The molecule has 2 unspecified atom stereocenters. The first-order valence-corrected chi connectivity index (χ1v) is 6.94. The Morgan fingerprint density at radius 2 is 2.22 bits per heavy atom. The normalized spacial score (nSPS) is 21.4. The smallest absolute Gasteiger partial charge is 0.120 e. The molecule has 2 atom stereocenters. The quantitative estimate of drug-likeness (QED) is 0.840. The zero-order valence-electron chi connectivity index (χ0n) is 11.4. The Morgan fingerprint density at radius 1 is 1.44 bits per heavy atom. The lowest BCUT2D eigenvalue weighted by molar-refractivity contribution is 0.215. The number of benzene rings is 1. The Hall–Kier alpha value is -1.06. The maximum Gasteiger partial charge on any atom is 0.120 e. The van der Waals surface area contributed by atoms with Crippen molar-refractivity contribution in [3.63, 3.8) is 0 Å². The summed E-state index contributed by atoms with van der Waals surface area (Å²) < 4.78 is 0. The molecular formula is C15H24N2O. The van der Waals surface area contributed by atoms with E-state index in [9.17, 15) is 5.11 Å². The molecule has 0 spiro atoms. The first-order chi connectivity index (χ1) is 8.72. The van der Waals surface area contributed by atoms with Crippen LogP contribution in [0.5, 0.6) is 5.75 Å². The van der Waals surface area contributed by atoms with Crippen LogP contribution in [0.1, 0.15) is 37.8 Å². The Kier molecular flexibility index (Phi) is 4.61. The maximum absolute atomic E-state index is 9.98. The fourth-order valence-electron chi connectivity index (χ4n) is 2.93. The van der Waals surface area contributed by atoms with Crippen LogP contribution in [0.2, 0.25) is 0 Å². The molecule has 100 valence electrons. The van der Waals surface area contributed by atoms with Crippen molar-refractivity contribution < 1.29 is 5.11 Å². The predicted octanol–water partition coefficient (Wildman–Crippen LogP) is 2.53. The topological polar surface area (TPSA) is 35.5 Å². The summed E-state index contributed by atoms with van der Waals surface area (Å²) in [5.41, 5.74) is 1.04. The van der Waals surface area contributed by atoms with Gasteiger partial charge in [-0.25, -0.2) is 0 Å². The number of hydrogen-bond donors (Lipinski definition) is 2. The molecule has 1 aliphatic rings. The Morgan fingerprint density at radius 3 is 2.83 bits per heavy atom. The van der Waals surface area contributed by atoms with E-state index < -0.39 is 0 Å². The van der Waals surface area contributed by atoms with Crippen LogP contribution in [0.15, 0.2) is 24.3 Å². The van der Waals surface area contributed by atoms with Crippen LogP contribution in [0, 0.1) is 0 Å². The van der Waals surface area contributed by atoms with Gasteiger partial charge in [-0.05, 0) is 38.9 Å². The fraction of sp³-hybridized carbons (Fsp3) is 0.600. The molecule has 0 radical (unpaired) electrons. The fourth-order valence-corrected chi connectivity index (χ4v) is 2.93. The van der Waals surface area contributed by atoms with E-state index >= 15 is 0 Å². The number of phenols is 1. The van der Waals surface area contributed by atoms with Crippen LogP contribution in [-0.4, -0.2) is 36.2 Å². The third kappa shape index (κ3) is 3.03. The van der Waals surface area contributed by atoms with Gasteiger partial charge in [0.15, 0.2) is 0 Å². The number of nitrogens with zero attached hydrogens (tertiary/aromatic N) is 1. The first-order valence-electron chi connectivity index (χ1n) is 6.94. The molecule has 3 heteroatoms. The number of likely N-dealkylation sites (N-methyl/N-ethyl adjacent to an activating group) is 1. The number of phenolic OH excluding ortho intramolecular Hbond substituents is 1. The SMILES string of the molecule is CCC(c1ccccc1O)N(C)CC1CCCN1. The molecule has 0 amide bonds. The highest BCUT2D eigenvalue weighted by Gasteiger charge is 2.22. The number of nitrogens with one attached hydrogen (secondary N) is 1. The molecule has 1 aromatic carbocycles. The summed E-state index contributed by atoms with van der Waals surface area (Å²) in [4.78, 5) is 2.36. The van der Waals surface area contributed by atoms with Crippen molar-refractivity contribution in [1.29, 1.82) is 0 Å². The van der Waals surface area contributed by atoms with Crippen molar-refractivity contribution >= 4 is 0 Å². The lowest BCUT2D eigenvalue weighted by Gasteiger charge is -2.30. The molecule has 1 heterocycles. The molecule has 0 bridgehead atoms. The van der Waals surface area contributed by atoms with Gasteiger partial charge in [0.2, 0.25) is 0 Å². The van der Waals surface area contributed by atoms with E-state index in [1.807, 2.05) is 18.2 Å². The van der Waals surface area contributed by atoms with Crippen LogP contribution in [-0.2, 0) is 0 Å². The molecular weight excluding hydrogens is 224 g/mol. The summed E-state index contributed by atoms with van der Waals surface area (Å²) in [7, 11) is 2.15. The van der Waals surface area contributed by atoms with Gasteiger partial charge in [0, 0.05) is 24.2 Å². The van der Waals surface area contributed by atoms with Gasteiger partial charge in [0.05, 0.1) is 0 Å². The molecule has 1 aliphatic heterocycles. The first kappa shape index (κ1) is 13.4. The van der Waals surface area contributed by atoms with Crippen molar-refractivity contribution in [2.24, 2.45) is 0 Å². The van der Waals surface area contributed by atoms with Gasteiger partial charge in [-0.2, -0.15) is 0 Å². The molecule has 0 saturated carbocycles. The zero-order chi connectivity index (χ0) is 13.0. The van der Waals surface area contributed by atoms with Crippen LogP contribution in [0.25, 0.3) is 0 Å². The summed E-state index contributed by atoms with van der Waals surface area (Å²) in [6.45, 7) is 4.37. The van der Waals surface area contributed by atoms with E-state index in [1.165, 1.54) is 12.8 Å². The minimum Gasteiger partial charge on any atom is -0.508 e. The van der Waals surface area contributed by atoms with Crippen LogP contribution >= 0.6 is 0 Å². The minimum absolute atomic E-state index is 0.300. The number of hydrogen-bond acceptors (Lipinski definition) is 3. The average molecular weight is 248 g/mol. The number of rotatable bonds is 5. The summed E-state index contributed by atoms with van der Waals surface area (Å²) in [6, 6.07) is 8.59. The van der Waals surface area contributed by atoms with Crippen molar-refractivity contribution in [1.82, 2.24) is 10.2 Å². The second-order valence-corrected chi connectivity index (χ2v) is 5.22. The van der Waals surface area contributed by atoms with E-state index in [1.54, 1.807) is 6.07 Å². The zero-order valence-corrected chi connectivity index (χ0v) is 11.4. The van der Waals surface area contributed by atoms with Crippen LogP contribution in [0.4, 0.5) is 0 Å². The minimum atomic E-state index is 0.300. The van der Waals surface area contributed by atoms with Gasteiger partial charge in [0.25, 0.3) is 0 Å². The summed E-state index contributed by atoms with van der Waals surface area (Å²) in [5.74, 6) is 0.413. The molecule has 1 fully saturated rings. The van der Waals surface area contributed by atoms with Gasteiger partial charge in [-0.1, -0.05) is 25.1 Å². The Labute approximate surface area is 110 Å². The standard InChI is InChI=1S/C15H24N2O/c1-3-14(13-8-4-5-9-15(13)18)17(2)11-12-7-6-10-16-12/h4-5,8-9,12,14,16,18H,3,6-7,10-11H2,1-2H3. The Balaban J connectivity index is 2.05. The van der Waals surface area contributed by atoms with E-state index in [2.05, 4.69) is 24.2 Å². The maximum atomic E-state index is 9.98. The molecule has 2 rings (SSSR count). The van der Waals surface area contributed by atoms with Gasteiger partial charge in [-0.3, -0.25) is 4.90 Å². The second-order valence-electron chi connectivity index (χ2n) is 5.22. The summed E-state index contributed by atoms with van der Waals surface area (Å²) in [5, 5.41) is 13.5. The lowest BCUT2D eigenvalue weighted by Crippen LogP contribution is -2.37. The van der Waals surface area contributed by atoms with E-state index in [0.29, 0.717) is 17.8 Å². The van der Waals surface area contributed by atoms with Crippen LogP contribution < -0.4 is 5.32 Å². The highest BCUT2D eigenvalue weighted by atomic mass is 16.3. The van der Waals surface area contributed by atoms with Crippen molar-refractivity contribution in [2.75, 3.05) is 20.1 Å². The summed E-state index contributed by atoms with van der Waals surface area (Å²) >= 11 is 0. The second kappa shape index (κ2) is 6.21. The lowest BCUT2D eigenvalue weighted by atomic mass is 10.0. The number of aromatic hydroxyl groups is 1. The largest absolute Gasteiger partial charge is 0.508 e. The van der Waals surface area contributed by atoms with Gasteiger partial charge < -0.3 is 10.4 Å². The highest BCUT2D eigenvalue weighted by Crippen LogP contribution is 2.30. The van der Waals surface area contributed by atoms with Crippen molar-refractivity contribution in [3.8, 4) is 5.75 Å². The van der Waals surface area contributed by atoms with Gasteiger partial charge in [-0.15, -0.1) is 0 Å². The van der Waals surface area contributed by atoms with E-state index in [4.69, 9.17) is 0 Å². The highest BCUT2D eigenvalue weighted by molar-refractivity contribution is 5.34. The molecule has 1 saturated heterocycles. The van der Waals surface area contributed by atoms with Crippen molar-refractivity contribution in [3.05, 3.63) is 29.8 Å². The molecule has 2 N–H and O–H groups in total. The van der Waals surface area contributed by atoms with Crippen molar-refractivity contribution in [2.45, 2.75) is 38.3 Å².